The minimum Gasteiger partial charge on any atom is -0.481 e. The van der Waals surface area contributed by atoms with Crippen LogP contribution in [-0.2, 0) is 14.6 Å². The van der Waals surface area contributed by atoms with Crippen molar-refractivity contribution in [1.82, 2.24) is 0 Å². The van der Waals surface area contributed by atoms with Crippen LogP contribution in [0.2, 0.25) is 5.02 Å². The highest BCUT2D eigenvalue weighted by atomic mass is 35.5. The summed E-state index contributed by atoms with van der Waals surface area (Å²) in [5, 5.41) is 8.82. The van der Waals surface area contributed by atoms with Gasteiger partial charge in [-0.2, -0.15) is 0 Å². The van der Waals surface area contributed by atoms with E-state index in [0.29, 0.717) is 5.02 Å². The number of carboxylic acids is 1. The molecule has 0 aliphatic heterocycles. The molecule has 2 aromatic rings. The lowest BCUT2D eigenvalue weighted by atomic mass is 10.1. The van der Waals surface area contributed by atoms with E-state index in [-0.39, 0.29) is 4.90 Å². The maximum absolute atomic E-state index is 12.7. The molecule has 0 unspecified atom stereocenters. The van der Waals surface area contributed by atoms with Crippen molar-refractivity contribution >= 4 is 27.4 Å². The van der Waals surface area contributed by atoms with Gasteiger partial charge in [-0.25, -0.2) is 8.42 Å². The summed E-state index contributed by atoms with van der Waals surface area (Å²) in [7, 11) is -3.71. The molecule has 0 amide bonds. The monoisotopic (exact) mass is 336 g/mol. The predicted octanol–water partition coefficient (Wildman–Crippen LogP) is 2.98. The minimum atomic E-state index is -3.71. The third-order valence-corrected chi connectivity index (χ3v) is 6.41. The van der Waals surface area contributed by atoms with E-state index in [4.69, 9.17) is 11.6 Å². The van der Waals surface area contributed by atoms with E-state index >= 15 is 0 Å². The second-order valence-electron chi connectivity index (χ2n) is 5.26. The van der Waals surface area contributed by atoms with Crippen LogP contribution in [0.3, 0.4) is 0 Å². The topological polar surface area (TPSA) is 71.4 Å². The molecule has 0 radical (unpaired) electrons. The van der Waals surface area contributed by atoms with E-state index < -0.39 is 32.9 Å². The van der Waals surface area contributed by atoms with Gasteiger partial charge in [-0.05, 0) is 29.8 Å². The van der Waals surface area contributed by atoms with Gasteiger partial charge in [0.15, 0.2) is 9.84 Å². The van der Waals surface area contributed by atoms with Crippen molar-refractivity contribution in [2.45, 2.75) is 16.1 Å². The summed E-state index contributed by atoms with van der Waals surface area (Å²) in [6, 6.07) is 14.7. The molecule has 0 heterocycles. The van der Waals surface area contributed by atoms with Gasteiger partial charge in [0.25, 0.3) is 0 Å². The van der Waals surface area contributed by atoms with Gasteiger partial charge >= 0.3 is 5.97 Å². The molecule has 6 heteroatoms. The molecule has 1 aliphatic rings. The zero-order valence-electron chi connectivity index (χ0n) is 11.4. The third kappa shape index (κ3) is 2.51. The number of hydrogen-bond acceptors (Lipinski definition) is 3. The van der Waals surface area contributed by atoms with E-state index in [0.717, 1.165) is 5.56 Å². The molecule has 3 atom stereocenters. The van der Waals surface area contributed by atoms with Gasteiger partial charge < -0.3 is 5.11 Å². The fourth-order valence-electron chi connectivity index (χ4n) is 2.82. The zero-order chi connectivity index (χ0) is 15.9. The van der Waals surface area contributed by atoms with E-state index in [9.17, 15) is 18.3 Å². The predicted molar refractivity (Wildman–Crippen MR) is 82.7 cm³/mol. The van der Waals surface area contributed by atoms with Crippen LogP contribution in [0, 0.1) is 5.92 Å². The highest BCUT2D eigenvalue weighted by Crippen LogP contribution is 2.54. The Balaban J connectivity index is 1.99. The van der Waals surface area contributed by atoms with Gasteiger partial charge in [-0.1, -0.05) is 41.9 Å². The van der Waals surface area contributed by atoms with Gasteiger partial charge in [0.1, 0.15) is 0 Å². The normalized spacial score (nSPS) is 24.0. The van der Waals surface area contributed by atoms with Gasteiger partial charge in [0, 0.05) is 10.9 Å². The second-order valence-corrected chi connectivity index (χ2v) is 7.81. The Morgan fingerprint density at radius 2 is 1.59 bits per heavy atom. The van der Waals surface area contributed by atoms with E-state index in [1.54, 1.807) is 24.3 Å². The fraction of sp³-hybridized carbons (Fsp3) is 0.188. The number of benzene rings is 2. The van der Waals surface area contributed by atoms with Crippen LogP contribution in [0.5, 0.6) is 0 Å². The van der Waals surface area contributed by atoms with Crippen molar-refractivity contribution in [3.8, 4) is 0 Å². The summed E-state index contributed by atoms with van der Waals surface area (Å²) >= 11 is 5.77. The smallest absolute Gasteiger partial charge is 0.308 e. The number of sulfone groups is 1. The van der Waals surface area contributed by atoms with E-state index in [1.165, 1.54) is 24.3 Å². The summed E-state index contributed by atoms with van der Waals surface area (Å²) in [5.74, 6) is -2.51. The number of aliphatic carboxylic acids is 1. The van der Waals surface area contributed by atoms with Crippen LogP contribution < -0.4 is 0 Å². The van der Waals surface area contributed by atoms with Gasteiger partial charge in [0.2, 0.25) is 0 Å². The quantitative estimate of drug-likeness (QED) is 0.931. The number of rotatable bonds is 4. The van der Waals surface area contributed by atoms with Gasteiger partial charge in [-0.15, -0.1) is 0 Å². The maximum atomic E-state index is 12.7. The van der Waals surface area contributed by atoms with Crippen LogP contribution in [0.1, 0.15) is 11.5 Å². The Morgan fingerprint density at radius 1 is 1.00 bits per heavy atom. The summed E-state index contributed by atoms with van der Waals surface area (Å²) < 4.78 is 25.4. The molecule has 114 valence electrons. The Kier molecular flexibility index (Phi) is 3.70. The number of carbonyl (C=O) groups is 1. The largest absolute Gasteiger partial charge is 0.481 e. The van der Waals surface area contributed by atoms with Crippen molar-refractivity contribution < 1.29 is 18.3 Å². The Labute approximate surface area is 133 Å². The van der Waals surface area contributed by atoms with E-state index in [2.05, 4.69) is 0 Å². The standard InChI is InChI=1S/C16H13ClO4S/c17-11-6-8-12(9-7-11)22(20,21)15-13(14(15)16(18)19)10-4-2-1-3-5-10/h1-9,13-15H,(H,18,19)/t13-,14-,15-/m1/s1. The molecule has 4 nitrogen and oxygen atoms in total. The van der Waals surface area contributed by atoms with Crippen LogP contribution in [0.15, 0.2) is 59.5 Å². The number of carboxylic acid groups (broad SMARTS) is 1. The molecule has 1 aliphatic carbocycles. The number of hydrogen-bond donors (Lipinski definition) is 1. The molecule has 0 aromatic heterocycles. The molecular weight excluding hydrogens is 324 g/mol. The first-order valence-electron chi connectivity index (χ1n) is 6.70. The number of halogens is 1. The van der Waals surface area contributed by atoms with Crippen LogP contribution >= 0.6 is 11.6 Å². The average Bonchev–Trinajstić information content (AvgIpc) is 3.25. The Morgan fingerprint density at radius 3 is 2.14 bits per heavy atom. The Hall–Kier alpha value is -1.85. The van der Waals surface area contributed by atoms with Crippen molar-refractivity contribution in [2.75, 3.05) is 0 Å². The molecule has 3 rings (SSSR count). The van der Waals surface area contributed by atoms with Crippen molar-refractivity contribution in [3.05, 3.63) is 65.2 Å². The zero-order valence-corrected chi connectivity index (χ0v) is 13.0. The highest BCUT2D eigenvalue weighted by Gasteiger charge is 2.63. The minimum absolute atomic E-state index is 0.103. The molecule has 0 saturated heterocycles. The van der Waals surface area contributed by atoms with Crippen molar-refractivity contribution in [1.29, 1.82) is 0 Å². The van der Waals surface area contributed by atoms with E-state index in [1.807, 2.05) is 6.07 Å². The van der Waals surface area contributed by atoms with Crippen molar-refractivity contribution in [2.24, 2.45) is 5.92 Å². The summed E-state index contributed by atoms with van der Waals surface area (Å²) in [6.07, 6.45) is 0. The summed E-state index contributed by atoms with van der Waals surface area (Å²) in [6.45, 7) is 0. The van der Waals surface area contributed by atoms with Crippen LogP contribution in [0.25, 0.3) is 0 Å². The third-order valence-electron chi connectivity index (χ3n) is 3.92. The lowest BCUT2D eigenvalue weighted by molar-refractivity contribution is -0.138. The molecule has 0 spiro atoms. The van der Waals surface area contributed by atoms with Crippen LogP contribution in [0.4, 0.5) is 0 Å². The summed E-state index contributed by atoms with van der Waals surface area (Å²) in [5.41, 5.74) is 0.734. The molecule has 1 saturated carbocycles. The fourth-order valence-corrected chi connectivity index (χ4v) is 5.07. The molecule has 1 N–H and O–H groups in total. The lowest BCUT2D eigenvalue weighted by Crippen LogP contribution is -2.13. The first-order chi connectivity index (χ1) is 10.4. The molecule has 0 bridgehead atoms. The lowest BCUT2D eigenvalue weighted by Gasteiger charge is -2.04. The first kappa shape index (κ1) is 15.1. The van der Waals surface area contributed by atoms with Gasteiger partial charge in [-0.3, -0.25) is 4.79 Å². The van der Waals surface area contributed by atoms with Gasteiger partial charge in [0.05, 0.1) is 16.1 Å². The van der Waals surface area contributed by atoms with Crippen molar-refractivity contribution in [3.63, 3.8) is 0 Å². The molecule has 22 heavy (non-hydrogen) atoms. The molecular formula is C16H13ClO4S. The molecule has 1 fully saturated rings. The first-order valence-corrected chi connectivity index (χ1v) is 8.62. The highest BCUT2D eigenvalue weighted by molar-refractivity contribution is 7.92. The average molecular weight is 337 g/mol. The maximum Gasteiger partial charge on any atom is 0.308 e. The molecule has 2 aromatic carbocycles. The summed E-state index contributed by atoms with van der Waals surface area (Å²) in [4.78, 5) is 11.5. The van der Waals surface area contributed by atoms with Crippen LogP contribution in [-0.4, -0.2) is 24.7 Å². The Bertz CT molecular complexity index is 800. The second kappa shape index (κ2) is 5.41. The SMILES string of the molecule is O=C(O)[C@@H]1[C@@H](c2ccccc2)[C@H]1S(=O)(=O)c1ccc(Cl)cc1.